The minimum Gasteiger partial charge on any atom is -0.508 e. The third-order valence-corrected chi connectivity index (χ3v) is 6.78. The lowest BCUT2D eigenvalue weighted by Gasteiger charge is -2.23. The number of nitrogens with zero attached hydrogens (tertiary/aromatic N) is 2. The van der Waals surface area contributed by atoms with Gasteiger partial charge in [0.15, 0.2) is 5.13 Å². The second kappa shape index (κ2) is 8.03. The number of phenolic OH excluding ortho intramolecular Hbond substituents is 1. The van der Waals surface area contributed by atoms with Gasteiger partial charge in [0.1, 0.15) is 11.5 Å². The molecule has 1 aromatic heterocycles. The summed E-state index contributed by atoms with van der Waals surface area (Å²) in [6.45, 7) is 1.97. The Morgan fingerprint density at radius 2 is 1.73 bits per heavy atom. The number of halogens is 1. The normalized spacial score (nSPS) is 17.8. The van der Waals surface area contributed by atoms with Crippen LogP contribution >= 0.6 is 22.9 Å². The van der Waals surface area contributed by atoms with Crippen molar-refractivity contribution in [1.29, 1.82) is 0 Å². The van der Waals surface area contributed by atoms with Crippen LogP contribution in [0, 0.1) is 6.92 Å². The van der Waals surface area contributed by atoms with E-state index in [1.54, 1.807) is 36.4 Å². The Balaban J connectivity index is 1.73. The highest BCUT2D eigenvalue weighted by molar-refractivity contribution is 7.22. The van der Waals surface area contributed by atoms with Gasteiger partial charge in [0, 0.05) is 10.6 Å². The van der Waals surface area contributed by atoms with E-state index in [0.717, 1.165) is 10.3 Å². The Morgan fingerprint density at radius 1 is 1.03 bits per heavy atom. The predicted molar refractivity (Wildman–Crippen MR) is 129 cm³/mol. The number of aryl methyl sites for hydroxylation is 1. The maximum Gasteiger partial charge on any atom is 0.301 e. The smallest absolute Gasteiger partial charge is 0.301 e. The zero-order valence-electron chi connectivity index (χ0n) is 17.3. The molecule has 2 N–H and O–H groups in total. The van der Waals surface area contributed by atoms with Crippen molar-refractivity contribution in [2.45, 2.75) is 13.0 Å². The zero-order valence-corrected chi connectivity index (χ0v) is 18.9. The molecular weight excluding hydrogens is 460 g/mol. The molecule has 33 heavy (non-hydrogen) atoms. The number of aliphatic hydroxyl groups is 1. The summed E-state index contributed by atoms with van der Waals surface area (Å²) in [4.78, 5) is 32.3. The molecule has 164 valence electrons. The molecule has 4 aromatic rings. The number of aromatic nitrogens is 1. The van der Waals surface area contributed by atoms with E-state index >= 15 is 0 Å². The molecule has 8 heteroatoms. The topological polar surface area (TPSA) is 90.7 Å². The Morgan fingerprint density at radius 3 is 2.42 bits per heavy atom. The SMILES string of the molecule is Cc1ccc2nc(N3C(=O)C(=O)/C(=C(/O)c4ccc(Cl)cc4)C3c3ccc(O)cc3)sc2c1. The molecule has 1 aliphatic rings. The average Bonchev–Trinajstić information content (AvgIpc) is 3.32. The van der Waals surface area contributed by atoms with Gasteiger partial charge >= 0.3 is 5.91 Å². The number of aliphatic hydroxyl groups excluding tert-OH is 1. The number of carbonyl (C=O) groups is 2. The lowest BCUT2D eigenvalue weighted by Crippen LogP contribution is -2.29. The summed E-state index contributed by atoms with van der Waals surface area (Å²) in [6, 6.07) is 17.4. The molecule has 3 aromatic carbocycles. The van der Waals surface area contributed by atoms with E-state index in [4.69, 9.17) is 11.6 Å². The third-order valence-electron chi connectivity index (χ3n) is 5.51. The van der Waals surface area contributed by atoms with Crippen LogP contribution in [-0.2, 0) is 9.59 Å². The first-order valence-corrected chi connectivity index (χ1v) is 11.3. The van der Waals surface area contributed by atoms with E-state index in [1.165, 1.54) is 28.4 Å². The maximum absolute atomic E-state index is 13.2. The largest absolute Gasteiger partial charge is 0.508 e. The van der Waals surface area contributed by atoms with Crippen LogP contribution in [0.5, 0.6) is 5.75 Å². The Labute approximate surface area is 198 Å². The molecule has 1 saturated heterocycles. The number of aromatic hydroxyl groups is 1. The van der Waals surface area contributed by atoms with Gasteiger partial charge in [-0.2, -0.15) is 0 Å². The number of ketones is 1. The van der Waals surface area contributed by atoms with Gasteiger partial charge in [0.25, 0.3) is 5.78 Å². The van der Waals surface area contributed by atoms with E-state index in [-0.39, 0.29) is 17.1 Å². The highest BCUT2D eigenvalue weighted by Gasteiger charge is 2.48. The summed E-state index contributed by atoms with van der Waals surface area (Å²) in [5, 5.41) is 21.7. The first kappa shape index (κ1) is 21.2. The first-order chi connectivity index (χ1) is 15.8. The number of hydrogen-bond acceptors (Lipinski definition) is 6. The summed E-state index contributed by atoms with van der Waals surface area (Å²) < 4.78 is 0.883. The maximum atomic E-state index is 13.2. The highest BCUT2D eigenvalue weighted by Crippen LogP contribution is 2.44. The Kier molecular flexibility index (Phi) is 5.15. The molecule has 0 radical (unpaired) electrons. The van der Waals surface area contributed by atoms with E-state index in [1.807, 2.05) is 25.1 Å². The fraction of sp³-hybridized carbons (Fsp3) is 0.0800. The van der Waals surface area contributed by atoms with Crippen molar-refractivity contribution in [2.24, 2.45) is 0 Å². The Bertz CT molecular complexity index is 1440. The van der Waals surface area contributed by atoms with E-state index in [0.29, 0.717) is 26.8 Å². The van der Waals surface area contributed by atoms with Gasteiger partial charge in [-0.3, -0.25) is 14.5 Å². The number of fused-ring (bicyclic) bond motifs is 1. The van der Waals surface area contributed by atoms with Crippen LogP contribution in [0.1, 0.15) is 22.7 Å². The highest BCUT2D eigenvalue weighted by atomic mass is 35.5. The van der Waals surface area contributed by atoms with Crippen LogP contribution in [0.4, 0.5) is 5.13 Å². The number of benzene rings is 3. The molecule has 1 amide bonds. The summed E-state index contributed by atoms with van der Waals surface area (Å²) in [6.07, 6.45) is 0. The molecule has 1 unspecified atom stereocenters. The number of phenols is 1. The molecule has 0 saturated carbocycles. The second-order valence-corrected chi connectivity index (χ2v) is 9.18. The van der Waals surface area contributed by atoms with E-state index in [2.05, 4.69) is 4.98 Å². The van der Waals surface area contributed by atoms with Gasteiger partial charge in [-0.15, -0.1) is 0 Å². The van der Waals surface area contributed by atoms with Crippen molar-refractivity contribution in [2.75, 3.05) is 4.90 Å². The lowest BCUT2D eigenvalue weighted by atomic mass is 9.95. The van der Waals surface area contributed by atoms with Crippen molar-refractivity contribution in [3.05, 3.63) is 94.0 Å². The van der Waals surface area contributed by atoms with Gasteiger partial charge in [-0.05, 0) is 66.6 Å². The molecule has 1 atom stereocenters. The van der Waals surface area contributed by atoms with Crippen LogP contribution in [0.3, 0.4) is 0 Å². The van der Waals surface area contributed by atoms with Crippen LogP contribution < -0.4 is 4.90 Å². The van der Waals surface area contributed by atoms with Gasteiger partial charge in [-0.1, -0.05) is 41.1 Å². The fourth-order valence-electron chi connectivity index (χ4n) is 3.89. The number of hydrogen-bond donors (Lipinski definition) is 2. The van der Waals surface area contributed by atoms with Gasteiger partial charge in [0.05, 0.1) is 21.8 Å². The summed E-state index contributed by atoms with van der Waals surface area (Å²) >= 11 is 7.26. The molecule has 1 fully saturated rings. The number of anilines is 1. The van der Waals surface area contributed by atoms with Crippen LogP contribution in [0.15, 0.2) is 72.3 Å². The quantitative estimate of drug-likeness (QED) is 0.228. The molecule has 1 aliphatic heterocycles. The first-order valence-electron chi connectivity index (χ1n) is 10.1. The number of rotatable bonds is 3. The molecule has 0 bridgehead atoms. The summed E-state index contributed by atoms with van der Waals surface area (Å²) in [5.41, 5.74) is 2.63. The van der Waals surface area contributed by atoms with Crippen LogP contribution in [-0.4, -0.2) is 26.9 Å². The summed E-state index contributed by atoms with van der Waals surface area (Å²) in [7, 11) is 0. The average molecular weight is 477 g/mol. The predicted octanol–water partition coefficient (Wildman–Crippen LogP) is 5.59. The van der Waals surface area contributed by atoms with E-state index in [9.17, 15) is 19.8 Å². The zero-order chi connectivity index (χ0) is 23.3. The van der Waals surface area contributed by atoms with Crippen LogP contribution in [0.25, 0.3) is 16.0 Å². The van der Waals surface area contributed by atoms with Crippen molar-refractivity contribution in [3.8, 4) is 5.75 Å². The number of amides is 1. The van der Waals surface area contributed by atoms with Crippen molar-refractivity contribution in [3.63, 3.8) is 0 Å². The second-order valence-electron chi connectivity index (χ2n) is 7.74. The van der Waals surface area contributed by atoms with Crippen LogP contribution in [0.2, 0.25) is 5.02 Å². The summed E-state index contributed by atoms with van der Waals surface area (Å²) in [5.74, 6) is -1.85. The van der Waals surface area contributed by atoms with Gasteiger partial charge in [0.2, 0.25) is 0 Å². The number of carbonyl (C=O) groups excluding carboxylic acids is 2. The monoisotopic (exact) mass is 476 g/mol. The van der Waals surface area contributed by atoms with Gasteiger partial charge in [-0.25, -0.2) is 4.98 Å². The van der Waals surface area contributed by atoms with Gasteiger partial charge < -0.3 is 10.2 Å². The molecular formula is C25H17ClN2O4S. The lowest BCUT2D eigenvalue weighted by molar-refractivity contribution is -0.132. The van der Waals surface area contributed by atoms with Crippen molar-refractivity contribution < 1.29 is 19.8 Å². The third kappa shape index (κ3) is 3.65. The fourth-order valence-corrected chi connectivity index (χ4v) is 5.10. The number of Topliss-reactive ketones (excluding diaryl/α,β-unsaturated/α-hetero) is 1. The molecule has 5 rings (SSSR count). The standard InChI is InChI=1S/C25H17ClN2O4S/c1-13-2-11-18-19(12-13)33-25(27-18)28-21(14-5-9-17(29)10-6-14)20(23(31)24(28)32)22(30)15-3-7-16(26)8-4-15/h2-12,21,29-30H,1H3/b22-20+. The minimum atomic E-state index is -0.914. The molecule has 0 aliphatic carbocycles. The minimum absolute atomic E-state index is 0.0452. The number of thiazole rings is 1. The van der Waals surface area contributed by atoms with Crippen molar-refractivity contribution in [1.82, 2.24) is 4.98 Å². The Hall–Kier alpha value is -3.68. The molecule has 0 spiro atoms. The molecule has 2 heterocycles. The molecule has 6 nitrogen and oxygen atoms in total. The van der Waals surface area contributed by atoms with Crippen molar-refractivity contribution >= 4 is 55.7 Å². The van der Waals surface area contributed by atoms with E-state index < -0.39 is 17.7 Å².